The normalized spacial score (nSPS) is 17.7. The third-order valence-corrected chi connectivity index (χ3v) is 3.33. The first kappa shape index (κ1) is 14.2. The average molecular weight is 267 g/mol. The van der Waals surface area contributed by atoms with E-state index in [1.165, 1.54) is 0 Å². The molecule has 0 aromatic carbocycles. The molecule has 0 aliphatic carbocycles. The number of hydrogen-bond acceptors (Lipinski definition) is 5. The van der Waals surface area contributed by atoms with Crippen LogP contribution in [0, 0.1) is 13.8 Å². The van der Waals surface area contributed by atoms with Crippen molar-refractivity contribution in [1.82, 2.24) is 4.98 Å². The molecule has 1 aliphatic heterocycles. The molecular weight excluding hydrogens is 246 g/mol. The van der Waals surface area contributed by atoms with Crippen LogP contribution in [0.4, 0.5) is 0 Å². The second kappa shape index (κ2) is 6.32. The summed E-state index contributed by atoms with van der Waals surface area (Å²) < 4.78 is 16.0. The molecule has 5 nitrogen and oxygen atoms in total. The van der Waals surface area contributed by atoms with E-state index in [-0.39, 0.29) is 6.29 Å². The monoisotopic (exact) mass is 267 g/mol. The molecule has 1 fully saturated rings. The van der Waals surface area contributed by atoms with Gasteiger partial charge in [-0.2, -0.15) is 0 Å². The Morgan fingerprint density at radius 2 is 2.11 bits per heavy atom. The molecule has 106 valence electrons. The largest absolute Gasteiger partial charge is 0.496 e. The minimum Gasteiger partial charge on any atom is -0.496 e. The van der Waals surface area contributed by atoms with E-state index >= 15 is 0 Å². The van der Waals surface area contributed by atoms with Crippen LogP contribution in [-0.4, -0.2) is 42.8 Å². The molecule has 0 amide bonds. The maximum atomic E-state index is 10.1. The lowest BCUT2D eigenvalue weighted by molar-refractivity contribution is -0.0699. The second-order valence-corrected chi connectivity index (χ2v) is 4.81. The van der Waals surface area contributed by atoms with E-state index in [2.05, 4.69) is 4.98 Å². The van der Waals surface area contributed by atoms with Gasteiger partial charge in [0.1, 0.15) is 5.75 Å². The van der Waals surface area contributed by atoms with Crippen molar-refractivity contribution in [3.8, 4) is 5.75 Å². The quantitative estimate of drug-likeness (QED) is 0.873. The number of aliphatic hydroxyl groups is 1. The Hall–Kier alpha value is -1.17. The van der Waals surface area contributed by atoms with Crippen LogP contribution in [0.2, 0.25) is 0 Å². The van der Waals surface area contributed by atoms with E-state index in [1.807, 2.05) is 13.8 Å². The predicted octanol–water partition coefficient (Wildman–Crippen LogP) is 1.37. The number of pyridine rings is 1. The van der Waals surface area contributed by atoms with Crippen molar-refractivity contribution in [1.29, 1.82) is 0 Å². The standard InChI is InChI=1S/C14H21NO4/c1-9-8-15-12(10(2)14(9)17-3)6-11(16)7-13-18-4-5-19-13/h8,11,13,16H,4-7H2,1-3H3. The molecule has 1 aliphatic rings. The fourth-order valence-corrected chi connectivity index (χ4v) is 2.35. The maximum absolute atomic E-state index is 10.1. The summed E-state index contributed by atoms with van der Waals surface area (Å²) in [4.78, 5) is 4.38. The molecule has 5 heteroatoms. The molecule has 1 aromatic heterocycles. The Morgan fingerprint density at radius 3 is 2.74 bits per heavy atom. The van der Waals surface area contributed by atoms with E-state index in [0.29, 0.717) is 26.1 Å². The van der Waals surface area contributed by atoms with Gasteiger partial charge in [-0.15, -0.1) is 0 Å². The zero-order valence-corrected chi connectivity index (χ0v) is 11.7. The van der Waals surface area contributed by atoms with Crippen LogP contribution < -0.4 is 4.74 Å². The van der Waals surface area contributed by atoms with Crippen LogP contribution in [0.15, 0.2) is 6.20 Å². The maximum Gasteiger partial charge on any atom is 0.160 e. The van der Waals surface area contributed by atoms with Gasteiger partial charge in [-0.1, -0.05) is 0 Å². The van der Waals surface area contributed by atoms with Crippen LogP contribution >= 0.6 is 0 Å². The lowest BCUT2D eigenvalue weighted by Crippen LogP contribution is -2.21. The number of aryl methyl sites for hydroxylation is 1. The number of methoxy groups -OCH3 is 1. The van der Waals surface area contributed by atoms with E-state index in [4.69, 9.17) is 14.2 Å². The molecule has 19 heavy (non-hydrogen) atoms. The van der Waals surface area contributed by atoms with E-state index in [0.717, 1.165) is 22.6 Å². The lowest BCUT2D eigenvalue weighted by atomic mass is 10.0. The molecule has 2 rings (SSSR count). The number of aliphatic hydroxyl groups excluding tert-OH is 1. The van der Waals surface area contributed by atoms with Gasteiger partial charge < -0.3 is 19.3 Å². The molecule has 2 heterocycles. The van der Waals surface area contributed by atoms with Gasteiger partial charge in [0.2, 0.25) is 0 Å². The lowest BCUT2D eigenvalue weighted by Gasteiger charge is -2.17. The number of aromatic nitrogens is 1. The molecule has 0 saturated carbocycles. The summed E-state index contributed by atoms with van der Waals surface area (Å²) in [7, 11) is 1.65. The van der Waals surface area contributed by atoms with Crippen molar-refractivity contribution < 1.29 is 19.3 Å². The molecule has 1 aromatic rings. The molecule has 0 bridgehead atoms. The molecule has 1 N–H and O–H groups in total. The third-order valence-electron chi connectivity index (χ3n) is 3.33. The van der Waals surface area contributed by atoms with Gasteiger partial charge in [0.25, 0.3) is 0 Å². The highest BCUT2D eigenvalue weighted by molar-refractivity contribution is 5.41. The molecule has 1 atom stereocenters. The molecular formula is C14H21NO4. The number of hydrogen-bond donors (Lipinski definition) is 1. The zero-order chi connectivity index (χ0) is 13.8. The van der Waals surface area contributed by atoms with Crippen molar-refractivity contribution in [2.45, 2.75) is 39.1 Å². The highest BCUT2D eigenvalue weighted by atomic mass is 16.7. The summed E-state index contributed by atoms with van der Waals surface area (Å²) in [5.41, 5.74) is 2.84. The minimum absolute atomic E-state index is 0.289. The van der Waals surface area contributed by atoms with Crippen molar-refractivity contribution in [3.63, 3.8) is 0 Å². The van der Waals surface area contributed by atoms with Gasteiger partial charge in [-0.25, -0.2) is 0 Å². The second-order valence-electron chi connectivity index (χ2n) is 4.81. The average Bonchev–Trinajstić information content (AvgIpc) is 2.86. The summed E-state index contributed by atoms with van der Waals surface area (Å²) in [6.45, 7) is 5.13. The van der Waals surface area contributed by atoms with Crippen molar-refractivity contribution in [2.24, 2.45) is 0 Å². The molecule has 1 saturated heterocycles. The van der Waals surface area contributed by atoms with Crippen LogP contribution in [0.3, 0.4) is 0 Å². The van der Waals surface area contributed by atoms with Gasteiger partial charge in [0.05, 0.1) is 26.4 Å². The summed E-state index contributed by atoms with van der Waals surface area (Å²) in [5, 5.41) is 10.1. The Bertz CT molecular complexity index is 430. The number of ether oxygens (including phenoxy) is 3. The third kappa shape index (κ3) is 3.43. The van der Waals surface area contributed by atoms with Gasteiger partial charge in [0.15, 0.2) is 6.29 Å². The first-order valence-electron chi connectivity index (χ1n) is 6.52. The van der Waals surface area contributed by atoms with Gasteiger partial charge in [-0.05, 0) is 13.8 Å². The van der Waals surface area contributed by atoms with Crippen LogP contribution in [0.25, 0.3) is 0 Å². The first-order valence-corrected chi connectivity index (χ1v) is 6.52. The Morgan fingerprint density at radius 1 is 1.42 bits per heavy atom. The fourth-order valence-electron chi connectivity index (χ4n) is 2.35. The summed E-state index contributed by atoms with van der Waals surface area (Å²) in [6, 6.07) is 0. The summed E-state index contributed by atoms with van der Waals surface area (Å²) in [5.74, 6) is 0.838. The number of nitrogens with zero attached hydrogens (tertiary/aromatic N) is 1. The minimum atomic E-state index is -0.526. The smallest absolute Gasteiger partial charge is 0.160 e. The van der Waals surface area contributed by atoms with E-state index in [1.54, 1.807) is 13.3 Å². The molecule has 0 spiro atoms. The Balaban J connectivity index is 2.01. The van der Waals surface area contributed by atoms with E-state index < -0.39 is 6.10 Å². The van der Waals surface area contributed by atoms with Gasteiger partial charge >= 0.3 is 0 Å². The first-order chi connectivity index (χ1) is 9.11. The van der Waals surface area contributed by atoms with Crippen molar-refractivity contribution in [2.75, 3.05) is 20.3 Å². The highest BCUT2D eigenvalue weighted by Gasteiger charge is 2.21. The fraction of sp³-hybridized carbons (Fsp3) is 0.643. The van der Waals surface area contributed by atoms with Crippen LogP contribution in [0.1, 0.15) is 23.2 Å². The number of rotatable bonds is 5. The SMILES string of the molecule is COc1c(C)cnc(CC(O)CC2OCCO2)c1C. The molecule has 0 radical (unpaired) electrons. The van der Waals surface area contributed by atoms with E-state index in [9.17, 15) is 5.11 Å². The van der Waals surface area contributed by atoms with Crippen LogP contribution in [0.5, 0.6) is 5.75 Å². The van der Waals surface area contributed by atoms with Gasteiger partial charge in [0, 0.05) is 35.9 Å². The Kier molecular flexibility index (Phi) is 4.74. The Labute approximate surface area is 113 Å². The zero-order valence-electron chi connectivity index (χ0n) is 11.7. The highest BCUT2D eigenvalue weighted by Crippen LogP contribution is 2.25. The van der Waals surface area contributed by atoms with Crippen molar-refractivity contribution in [3.05, 3.63) is 23.0 Å². The van der Waals surface area contributed by atoms with Crippen molar-refractivity contribution >= 4 is 0 Å². The topological polar surface area (TPSA) is 60.8 Å². The molecule has 1 unspecified atom stereocenters. The summed E-state index contributed by atoms with van der Waals surface area (Å²) >= 11 is 0. The predicted molar refractivity (Wildman–Crippen MR) is 70.3 cm³/mol. The summed E-state index contributed by atoms with van der Waals surface area (Å²) in [6.07, 6.45) is 1.91. The van der Waals surface area contributed by atoms with Crippen LogP contribution in [-0.2, 0) is 15.9 Å². The van der Waals surface area contributed by atoms with Gasteiger partial charge in [-0.3, -0.25) is 4.98 Å².